The molecule has 228 valence electrons. The van der Waals surface area contributed by atoms with Crippen molar-refractivity contribution < 1.29 is 69.3 Å². The van der Waals surface area contributed by atoms with Crippen molar-refractivity contribution in [1.82, 2.24) is 0 Å². The molecular weight excluding hydrogens is 564 g/mol. The van der Waals surface area contributed by atoms with E-state index in [2.05, 4.69) is 0 Å². The smallest absolute Gasteiger partial charge is 0.239 e. The Morgan fingerprint density at radius 1 is 0.810 bits per heavy atom. The fourth-order valence-corrected chi connectivity index (χ4v) is 4.88. The van der Waals surface area contributed by atoms with E-state index in [0.717, 1.165) is 12.1 Å². The first-order valence-corrected chi connectivity index (χ1v) is 12.9. The van der Waals surface area contributed by atoms with Crippen molar-refractivity contribution in [3.8, 4) is 34.3 Å². The molecule has 2 aliphatic heterocycles. The van der Waals surface area contributed by atoms with Gasteiger partial charge >= 0.3 is 0 Å². The summed E-state index contributed by atoms with van der Waals surface area (Å²) in [5.74, 6) is -1.89. The highest BCUT2D eigenvalue weighted by molar-refractivity contribution is 5.88. The summed E-state index contributed by atoms with van der Waals surface area (Å²) < 4.78 is 28.2. The summed E-state index contributed by atoms with van der Waals surface area (Å²) in [6, 6.07) is 7.40. The molecule has 3 aromatic rings. The Labute approximate surface area is 236 Å². The maximum Gasteiger partial charge on any atom is 0.239 e. The standard InChI is InChI=1S/C27H30O15/c1-9-17(32)24(41-26-21(36)20(35)18(33)15(8-28)40-26)22(37)27(38-9)42-25-19(34)16-13(31)6-12(30)7-14(16)39-23(25)10-2-4-11(29)5-3-10/h2-7,9,15,17-18,20-22,24,26-33,35-37H,8H2,1H3/t9-,15+,17-,18+,20-,21+,22+,24+,26?,27-/m0/s1. The molecule has 15 nitrogen and oxygen atoms in total. The number of hydrogen-bond acceptors (Lipinski definition) is 15. The van der Waals surface area contributed by atoms with Gasteiger partial charge in [0.2, 0.25) is 17.5 Å². The van der Waals surface area contributed by atoms with E-state index < -0.39 is 90.7 Å². The molecule has 0 aliphatic carbocycles. The molecule has 2 aliphatic rings. The van der Waals surface area contributed by atoms with Crippen molar-refractivity contribution in [2.45, 2.75) is 68.3 Å². The number of benzene rings is 2. The minimum Gasteiger partial charge on any atom is -0.508 e. The van der Waals surface area contributed by atoms with E-state index in [1.807, 2.05) is 0 Å². The van der Waals surface area contributed by atoms with Crippen molar-refractivity contribution in [2.24, 2.45) is 0 Å². The summed E-state index contributed by atoms with van der Waals surface area (Å²) in [5.41, 5.74) is -0.902. The van der Waals surface area contributed by atoms with Gasteiger partial charge in [0.25, 0.3) is 0 Å². The zero-order valence-corrected chi connectivity index (χ0v) is 21.9. The molecule has 1 aromatic heterocycles. The van der Waals surface area contributed by atoms with Gasteiger partial charge < -0.3 is 69.3 Å². The minimum atomic E-state index is -1.88. The monoisotopic (exact) mass is 594 g/mol. The van der Waals surface area contributed by atoms with E-state index in [4.69, 9.17) is 23.4 Å². The molecule has 0 saturated carbocycles. The highest BCUT2D eigenvalue weighted by Gasteiger charge is 2.50. The predicted molar refractivity (Wildman–Crippen MR) is 139 cm³/mol. The number of aliphatic hydroxyl groups is 6. The van der Waals surface area contributed by atoms with Gasteiger partial charge in [-0.2, -0.15) is 0 Å². The van der Waals surface area contributed by atoms with Gasteiger partial charge in [0.05, 0.1) is 12.7 Å². The van der Waals surface area contributed by atoms with Crippen molar-refractivity contribution in [3.63, 3.8) is 0 Å². The van der Waals surface area contributed by atoms with Crippen LogP contribution in [0.5, 0.6) is 23.0 Å². The van der Waals surface area contributed by atoms with Crippen LogP contribution in [0.15, 0.2) is 45.6 Å². The predicted octanol–water partition coefficient (Wildman–Crippen LogP) is -1.39. The van der Waals surface area contributed by atoms with Crippen LogP contribution in [0.25, 0.3) is 22.3 Å². The van der Waals surface area contributed by atoms with Crippen LogP contribution in [-0.4, -0.2) is 114 Å². The molecule has 5 rings (SSSR count). The Bertz CT molecular complexity index is 1470. The minimum absolute atomic E-state index is 0.0957. The van der Waals surface area contributed by atoms with Gasteiger partial charge in [-0.25, -0.2) is 0 Å². The van der Waals surface area contributed by atoms with E-state index >= 15 is 0 Å². The average molecular weight is 595 g/mol. The number of phenolic OH excluding ortho intramolecular Hbond substituents is 3. The van der Waals surface area contributed by atoms with E-state index in [0.29, 0.717) is 0 Å². The van der Waals surface area contributed by atoms with Crippen LogP contribution in [0, 0.1) is 0 Å². The van der Waals surface area contributed by atoms with Crippen LogP contribution in [0.4, 0.5) is 0 Å². The second-order valence-corrected chi connectivity index (χ2v) is 10.1. The van der Waals surface area contributed by atoms with Crippen LogP contribution >= 0.6 is 0 Å². The molecule has 2 saturated heterocycles. The van der Waals surface area contributed by atoms with Gasteiger partial charge in [0.15, 0.2) is 12.1 Å². The number of ether oxygens (including phenoxy) is 4. The number of rotatable bonds is 6. The molecule has 3 heterocycles. The topological polar surface area (TPSA) is 249 Å². The highest BCUT2D eigenvalue weighted by atomic mass is 16.7. The third-order valence-electron chi connectivity index (χ3n) is 7.20. The van der Waals surface area contributed by atoms with Crippen molar-refractivity contribution in [2.75, 3.05) is 6.61 Å². The lowest BCUT2D eigenvalue weighted by atomic mass is 9.97. The van der Waals surface area contributed by atoms with Gasteiger partial charge in [-0.05, 0) is 31.2 Å². The molecule has 0 bridgehead atoms. The van der Waals surface area contributed by atoms with Crippen LogP contribution < -0.4 is 10.2 Å². The highest BCUT2D eigenvalue weighted by Crippen LogP contribution is 2.38. The Morgan fingerprint density at radius 2 is 1.50 bits per heavy atom. The first kappa shape index (κ1) is 30.0. The zero-order chi connectivity index (χ0) is 30.5. The van der Waals surface area contributed by atoms with Gasteiger partial charge in [-0.1, -0.05) is 0 Å². The second-order valence-electron chi connectivity index (χ2n) is 10.1. The number of phenols is 3. The summed E-state index contributed by atoms with van der Waals surface area (Å²) in [4.78, 5) is 13.6. The molecule has 10 atom stereocenters. The van der Waals surface area contributed by atoms with Crippen molar-refractivity contribution >= 4 is 11.0 Å². The molecule has 9 N–H and O–H groups in total. The maximum absolute atomic E-state index is 13.6. The Kier molecular flexibility index (Phi) is 8.30. The van der Waals surface area contributed by atoms with Crippen molar-refractivity contribution in [3.05, 3.63) is 46.6 Å². The first-order chi connectivity index (χ1) is 19.9. The van der Waals surface area contributed by atoms with Crippen LogP contribution in [-0.2, 0) is 14.2 Å². The Morgan fingerprint density at radius 3 is 2.17 bits per heavy atom. The number of aliphatic hydroxyl groups excluding tert-OH is 6. The van der Waals surface area contributed by atoms with Gasteiger partial charge in [0.1, 0.15) is 70.9 Å². The van der Waals surface area contributed by atoms with E-state index in [9.17, 15) is 50.8 Å². The fraction of sp³-hybridized carbons (Fsp3) is 0.444. The SMILES string of the molecule is C[C@@H]1O[C@@H](Oc2c(-c3ccc(O)cc3)oc3cc(O)cc(O)c3c2=O)[C@H](O)[C@H](OC2O[C@H](CO)[C@@H](O)[C@H](O)[C@H]2O)[C@H]1O. The molecule has 1 unspecified atom stereocenters. The molecule has 42 heavy (non-hydrogen) atoms. The third kappa shape index (κ3) is 5.37. The largest absolute Gasteiger partial charge is 0.508 e. The number of hydrogen-bond donors (Lipinski definition) is 9. The number of fused-ring (bicyclic) bond motifs is 1. The summed E-state index contributed by atoms with van der Waals surface area (Å²) in [6.45, 7) is 0.656. The lowest BCUT2D eigenvalue weighted by Crippen LogP contribution is -2.64. The molecule has 15 heteroatoms. The Hall–Kier alpha value is -3.51. The summed E-state index contributed by atoms with van der Waals surface area (Å²) >= 11 is 0. The van der Waals surface area contributed by atoms with Crippen molar-refractivity contribution in [1.29, 1.82) is 0 Å². The zero-order valence-electron chi connectivity index (χ0n) is 21.9. The molecular formula is C27H30O15. The normalized spacial score (nSPS) is 33.5. The molecule has 2 aromatic carbocycles. The van der Waals surface area contributed by atoms with E-state index in [1.165, 1.54) is 31.2 Å². The summed E-state index contributed by atoms with van der Waals surface area (Å²) in [5, 5.41) is 91.5. The summed E-state index contributed by atoms with van der Waals surface area (Å²) in [7, 11) is 0. The van der Waals surface area contributed by atoms with Crippen LogP contribution in [0.2, 0.25) is 0 Å². The van der Waals surface area contributed by atoms with Gasteiger partial charge in [-0.15, -0.1) is 0 Å². The maximum atomic E-state index is 13.6. The van der Waals surface area contributed by atoms with Gasteiger partial charge in [-0.3, -0.25) is 4.79 Å². The molecule has 0 amide bonds. The molecule has 0 radical (unpaired) electrons. The third-order valence-corrected chi connectivity index (χ3v) is 7.20. The van der Waals surface area contributed by atoms with Gasteiger partial charge in [0, 0.05) is 17.7 Å². The summed E-state index contributed by atoms with van der Waals surface area (Å²) in [6.07, 6.45) is -16.2. The Balaban J connectivity index is 1.52. The molecule has 2 fully saturated rings. The lowest BCUT2D eigenvalue weighted by Gasteiger charge is -2.45. The molecule has 0 spiro atoms. The second kappa shape index (κ2) is 11.6. The van der Waals surface area contributed by atoms with Crippen LogP contribution in [0.3, 0.4) is 0 Å². The fourth-order valence-electron chi connectivity index (χ4n) is 4.88. The number of aromatic hydroxyl groups is 3. The van der Waals surface area contributed by atoms with Crippen LogP contribution in [0.1, 0.15) is 6.92 Å². The van der Waals surface area contributed by atoms with E-state index in [-0.39, 0.29) is 28.0 Å². The average Bonchev–Trinajstić information content (AvgIpc) is 2.95. The first-order valence-electron chi connectivity index (χ1n) is 12.9. The quantitative estimate of drug-likeness (QED) is 0.159. The van der Waals surface area contributed by atoms with E-state index in [1.54, 1.807) is 0 Å². The lowest BCUT2D eigenvalue weighted by molar-refractivity contribution is -0.350.